The van der Waals surface area contributed by atoms with Crippen LogP contribution in [-0.2, 0) is 11.2 Å². The molecule has 2 aromatic rings. The summed E-state index contributed by atoms with van der Waals surface area (Å²) >= 11 is 0. The van der Waals surface area contributed by atoms with Crippen LogP contribution in [0.25, 0.3) is 0 Å². The van der Waals surface area contributed by atoms with E-state index in [4.69, 9.17) is 4.74 Å². The molecule has 1 N–H and O–H groups in total. The van der Waals surface area contributed by atoms with Gasteiger partial charge in [-0.3, -0.25) is 14.9 Å². The van der Waals surface area contributed by atoms with Gasteiger partial charge in [0.2, 0.25) is 0 Å². The third kappa shape index (κ3) is 5.08. The first-order chi connectivity index (χ1) is 11.6. The average Bonchev–Trinajstić information content (AvgIpc) is 2.59. The Morgan fingerprint density at radius 3 is 2.54 bits per heavy atom. The zero-order valence-corrected chi connectivity index (χ0v) is 13.5. The standard InChI is InChI=1S/C18H20N2O4/c1-2-3-6-14-9-11-15(12-10-14)19-18(21)13-24-17-8-5-4-7-16(17)20(22)23/h4-5,7-12H,2-3,6,13H2,1H3,(H,19,21). The molecule has 0 atom stereocenters. The normalized spacial score (nSPS) is 10.2. The Labute approximate surface area is 140 Å². The molecule has 0 aliphatic heterocycles. The van der Waals surface area contributed by atoms with Gasteiger partial charge < -0.3 is 10.1 Å². The number of para-hydroxylation sites is 2. The van der Waals surface area contributed by atoms with Crippen molar-refractivity contribution in [3.63, 3.8) is 0 Å². The second kappa shape index (κ2) is 8.67. The van der Waals surface area contributed by atoms with Crippen molar-refractivity contribution in [3.05, 3.63) is 64.2 Å². The molecule has 1 amide bonds. The van der Waals surface area contributed by atoms with E-state index in [2.05, 4.69) is 12.2 Å². The molecule has 6 nitrogen and oxygen atoms in total. The molecule has 0 aliphatic rings. The van der Waals surface area contributed by atoms with E-state index in [1.54, 1.807) is 12.1 Å². The Morgan fingerprint density at radius 2 is 1.88 bits per heavy atom. The maximum absolute atomic E-state index is 11.9. The molecule has 0 unspecified atom stereocenters. The molecule has 0 heterocycles. The molecule has 0 saturated heterocycles. The van der Waals surface area contributed by atoms with Crippen molar-refractivity contribution in [3.8, 4) is 5.75 Å². The van der Waals surface area contributed by atoms with Gasteiger partial charge in [0.25, 0.3) is 5.91 Å². The molecule has 0 aliphatic carbocycles. The van der Waals surface area contributed by atoms with Gasteiger partial charge in [0.15, 0.2) is 12.4 Å². The summed E-state index contributed by atoms with van der Waals surface area (Å²) < 4.78 is 5.26. The van der Waals surface area contributed by atoms with Crippen LogP contribution < -0.4 is 10.1 Å². The van der Waals surface area contributed by atoms with Crippen LogP contribution in [0.4, 0.5) is 11.4 Å². The summed E-state index contributed by atoms with van der Waals surface area (Å²) in [7, 11) is 0. The lowest BCUT2D eigenvalue weighted by Gasteiger charge is -2.08. The Hall–Kier alpha value is -2.89. The van der Waals surface area contributed by atoms with Gasteiger partial charge in [-0.05, 0) is 36.6 Å². The number of carbonyl (C=O) groups is 1. The predicted molar refractivity (Wildman–Crippen MR) is 92.3 cm³/mol. The van der Waals surface area contributed by atoms with E-state index in [0.717, 1.165) is 19.3 Å². The highest BCUT2D eigenvalue weighted by Gasteiger charge is 2.14. The molecule has 0 radical (unpaired) electrons. The van der Waals surface area contributed by atoms with Crippen LogP contribution in [-0.4, -0.2) is 17.4 Å². The summed E-state index contributed by atoms with van der Waals surface area (Å²) in [6, 6.07) is 13.6. The molecule has 126 valence electrons. The minimum Gasteiger partial charge on any atom is -0.477 e. The lowest BCUT2D eigenvalue weighted by atomic mass is 10.1. The number of rotatable bonds is 8. The fourth-order valence-electron chi connectivity index (χ4n) is 2.21. The Bertz CT molecular complexity index is 698. The van der Waals surface area contributed by atoms with Gasteiger partial charge in [-0.15, -0.1) is 0 Å². The van der Waals surface area contributed by atoms with Crippen molar-refractivity contribution in [2.75, 3.05) is 11.9 Å². The second-order valence-electron chi connectivity index (χ2n) is 5.36. The van der Waals surface area contributed by atoms with Crippen LogP contribution in [0.3, 0.4) is 0 Å². The summed E-state index contributed by atoms with van der Waals surface area (Å²) in [5.41, 5.74) is 1.74. The number of nitro benzene ring substituents is 1. The number of anilines is 1. The number of aryl methyl sites for hydroxylation is 1. The lowest BCUT2D eigenvalue weighted by molar-refractivity contribution is -0.385. The second-order valence-corrected chi connectivity index (χ2v) is 5.36. The Kier molecular flexibility index (Phi) is 6.31. The molecule has 0 bridgehead atoms. The van der Waals surface area contributed by atoms with E-state index in [0.29, 0.717) is 5.69 Å². The van der Waals surface area contributed by atoms with Crippen LogP contribution in [0.15, 0.2) is 48.5 Å². The highest BCUT2D eigenvalue weighted by molar-refractivity contribution is 5.91. The van der Waals surface area contributed by atoms with Gasteiger partial charge in [0, 0.05) is 11.8 Å². The molecule has 2 aromatic carbocycles. The minimum absolute atomic E-state index is 0.0764. The van der Waals surface area contributed by atoms with Crippen molar-refractivity contribution >= 4 is 17.3 Å². The first kappa shape index (κ1) is 17.5. The van der Waals surface area contributed by atoms with Gasteiger partial charge in [0.05, 0.1) is 4.92 Å². The third-order valence-electron chi connectivity index (χ3n) is 3.48. The Morgan fingerprint density at radius 1 is 1.17 bits per heavy atom. The number of amides is 1. The van der Waals surface area contributed by atoms with Crippen molar-refractivity contribution < 1.29 is 14.5 Å². The maximum atomic E-state index is 11.9. The number of hydrogen-bond acceptors (Lipinski definition) is 4. The van der Waals surface area contributed by atoms with E-state index in [1.165, 1.54) is 17.7 Å². The zero-order valence-electron chi connectivity index (χ0n) is 13.5. The lowest BCUT2D eigenvalue weighted by Crippen LogP contribution is -2.20. The first-order valence-corrected chi connectivity index (χ1v) is 7.85. The van der Waals surface area contributed by atoms with E-state index in [1.807, 2.05) is 24.3 Å². The predicted octanol–water partition coefficient (Wildman–Crippen LogP) is 3.95. The molecule has 0 aromatic heterocycles. The molecule has 2 rings (SSSR count). The monoisotopic (exact) mass is 328 g/mol. The number of benzene rings is 2. The van der Waals surface area contributed by atoms with E-state index >= 15 is 0 Å². The highest BCUT2D eigenvalue weighted by Crippen LogP contribution is 2.25. The van der Waals surface area contributed by atoms with Gasteiger partial charge in [0.1, 0.15) is 0 Å². The number of nitrogens with one attached hydrogen (secondary N) is 1. The fraction of sp³-hybridized carbons (Fsp3) is 0.278. The number of nitrogens with zero attached hydrogens (tertiary/aromatic N) is 1. The summed E-state index contributed by atoms with van der Waals surface area (Å²) in [6.07, 6.45) is 3.29. The number of carbonyl (C=O) groups excluding carboxylic acids is 1. The topological polar surface area (TPSA) is 81.5 Å². The smallest absolute Gasteiger partial charge is 0.310 e. The maximum Gasteiger partial charge on any atom is 0.310 e. The molecule has 6 heteroatoms. The largest absolute Gasteiger partial charge is 0.477 e. The van der Waals surface area contributed by atoms with Crippen LogP contribution >= 0.6 is 0 Å². The number of nitro groups is 1. The summed E-state index contributed by atoms with van der Waals surface area (Å²) in [5.74, 6) is -0.290. The molecule has 0 saturated carbocycles. The van der Waals surface area contributed by atoms with Gasteiger partial charge in [-0.25, -0.2) is 0 Å². The third-order valence-corrected chi connectivity index (χ3v) is 3.48. The minimum atomic E-state index is -0.539. The number of hydrogen-bond donors (Lipinski definition) is 1. The van der Waals surface area contributed by atoms with Crippen LogP contribution in [0.5, 0.6) is 5.75 Å². The van der Waals surface area contributed by atoms with Gasteiger partial charge in [-0.1, -0.05) is 37.6 Å². The molecular formula is C18H20N2O4. The van der Waals surface area contributed by atoms with E-state index < -0.39 is 4.92 Å². The molecule has 0 fully saturated rings. The molecule has 0 spiro atoms. The Balaban J connectivity index is 1.88. The zero-order chi connectivity index (χ0) is 17.4. The first-order valence-electron chi connectivity index (χ1n) is 7.85. The summed E-state index contributed by atoms with van der Waals surface area (Å²) in [6.45, 7) is 1.86. The van der Waals surface area contributed by atoms with Crippen LogP contribution in [0.2, 0.25) is 0 Å². The highest BCUT2D eigenvalue weighted by atomic mass is 16.6. The van der Waals surface area contributed by atoms with Crippen molar-refractivity contribution in [2.24, 2.45) is 0 Å². The van der Waals surface area contributed by atoms with E-state index in [-0.39, 0.29) is 24.0 Å². The van der Waals surface area contributed by atoms with Crippen molar-refractivity contribution in [2.45, 2.75) is 26.2 Å². The summed E-state index contributed by atoms with van der Waals surface area (Å²) in [5, 5.41) is 13.6. The quantitative estimate of drug-likeness (QED) is 0.587. The fourth-order valence-corrected chi connectivity index (χ4v) is 2.21. The van der Waals surface area contributed by atoms with Crippen molar-refractivity contribution in [1.29, 1.82) is 0 Å². The van der Waals surface area contributed by atoms with E-state index in [9.17, 15) is 14.9 Å². The number of unbranched alkanes of at least 4 members (excludes halogenated alkanes) is 1. The van der Waals surface area contributed by atoms with Crippen LogP contribution in [0, 0.1) is 10.1 Å². The summed E-state index contributed by atoms with van der Waals surface area (Å²) in [4.78, 5) is 22.3. The van der Waals surface area contributed by atoms with Gasteiger partial charge in [-0.2, -0.15) is 0 Å². The SMILES string of the molecule is CCCCc1ccc(NC(=O)COc2ccccc2[N+](=O)[O-])cc1. The van der Waals surface area contributed by atoms with Gasteiger partial charge >= 0.3 is 5.69 Å². The number of ether oxygens (including phenoxy) is 1. The molecule has 24 heavy (non-hydrogen) atoms. The average molecular weight is 328 g/mol. The molecular weight excluding hydrogens is 308 g/mol. The van der Waals surface area contributed by atoms with Crippen molar-refractivity contribution in [1.82, 2.24) is 0 Å². The van der Waals surface area contributed by atoms with Crippen LogP contribution in [0.1, 0.15) is 25.3 Å².